The number of aromatic nitrogens is 3. The van der Waals surface area contributed by atoms with Gasteiger partial charge in [0.1, 0.15) is 5.82 Å². The largest absolute Gasteiger partial charge is 0.378 e. The van der Waals surface area contributed by atoms with Crippen molar-refractivity contribution in [2.45, 2.75) is 6.61 Å². The summed E-state index contributed by atoms with van der Waals surface area (Å²) in [5.74, 6) is 1.41. The maximum atomic E-state index is 5.17. The fourth-order valence-electron chi connectivity index (χ4n) is 2.25. The van der Waals surface area contributed by atoms with E-state index in [1.807, 2.05) is 43.4 Å². The molecule has 0 saturated heterocycles. The van der Waals surface area contributed by atoms with Crippen molar-refractivity contribution in [1.82, 2.24) is 15.0 Å². The summed E-state index contributed by atoms with van der Waals surface area (Å²) in [5.41, 5.74) is 2.65. The number of hydrogen-bond acceptors (Lipinski definition) is 5. The third-order valence-electron chi connectivity index (χ3n) is 3.20. The van der Waals surface area contributed by atoms with Crippen LogP contribution in [0.3, 0.4) is 0 Å². The first kappa shape index (κ1) is 13.5. The zero-order valence-corrected chi connectivity index (χ0v) is 12.0. The fourth-order valence-corrected chi connectivity index (χ4v) is 2.25. The molecule has 3 rings (SSSR count). The van der Waals surface area contributed by atoms with Crippen molar-refractivity contribution in [2.75, 3.05) is 19.5 Å². The van der Waals surface area contributed by atoms with E-state index in [4.69, 9.17) is 4.74 Å². The summed E-state index contributed by atoms with van der Waals surface area (Å²) in [6, 6.07) is 11.8. The first-order valence-electron chi connectivity index (χ1n) is 6.70. The average Bonchev–Trinajstić information content (AvgIpc) is 2.54. The van der Waals surface area contributed by atoms with E-state index in [0.717, 1.165) is 28.0 Å². The Balaban J connectivity index is 2.20. The minimum atomic E-state index is 0.447. The van der Waals surface area contributed by atoms with Crippen LogP contribution in [0.2, 0.25) is 0 Å². The molecule has 0 aliphatic carbocycles. The summed E-state index contributed by atoms with van der Waals surface area (Å²) in [6.07, 6.45) is 1.78. The maximum Gasteiger partial charge on any atom is 0.164 e. The normalized spacial score (nSPS) is 10.8. The van der Waals surface area contributed by atoms with E-state index >= 15 is 0 Å². The zero-order valence-electron chi connectivity index (χ0n) is 12.0. The standard InChI is InChI=1S/C16H16N4O/c1-17-14-9-12(10-21-2)19-16(20-14)13-7-3-5-11-6-4-8-18-15(11)13/h3-9H,10H2,1-2H3,(H,17,19,20). The molecule has 0 amide bonds. The number of nitrogens with one attached hydrogen (secondary N) is 1. The molecule has 21 heavy (non-hydrogen) atoms. The molecule has 0 fully saturated rings. The highest BCUT2D eigenvalue weighted by molar-refractivity contribution is 5.91. The highest BCUT2D eigenvalue weighted by atomic mass is 16.5. The van der Waals surface area contributed by atoms with Gasteiger partial charge in [-0.3, -0.25) is 4.98 Å². The second-order valence-corrected chi connectivity index (χ2v) is 4.63. The highest BCUT2D eigenvalue weighted by Gasteiger charge is 2.10. The van der Waals surface area contributed by atoms with Crippen LogP contribution in [0, 0.1) is 0 Å². The van der Waals surface area contributed by atoms with Gasteiger partial charge in [-0.15, -0.1) is 0 Å². The predicted octanol–water partition coefficient (Wildman–Crippen LogP) is 2.88. The van der Waals surface area contributed by atoms with Crippen molar-refractivity contribution in [2.24, 2.45) is 0 Å². The summed E-state index contributed by atoms with van der Waals surface area (Å²) in [5, 5.41) is 4.13. The molecule has 0 atom stereocenters. The van der Waals surface area contributed by atoms with E-state index in [1.165, 1.54) is 0 Å². The molecule has 106 valence electrons. The number of ether oxygens (including phenoxy) is 1. The summed E-state index contributed by atoms with van der Waals surface area (Å²) in [7, 11) is 3.49. The quantitative estimate of drug-likeness (QED) is 0.796. The van der Waals surface area contributed by atoms with Gasteiger partial charge in [0, 0.05) is 37.4 Å². The van der Waals surface area contributed by atoms with Crippen LogP contribution in [0.5, 0.6) is 0 Å². The lowest BCUT2D eigenvalue weighted by Crippen LogP contribution is -2.02. The molecule has 0 bridgehead atoms. The number of hydrogen-bond donors (Lipinski definition) is 1. The smallest absolute Gasteiger partial charge is 0.164 e. The number of benzene rings is 1. The van der Waals surface area contributed by atoms with E-state index in [0.29, 0.717) is 12.4 Å². The van der Waals surface area contributed by atoms with Gasteiger partial charge in [0.2, 0.25) is 0 Å². The first-order chi connectivity index (χ1) is 10.3. The lowest BCUT2D eigenvalue weighted by Gasteiger charge is -2.09. The van der Waals surface area contributed by atoms with Crippen molar-refractivity contribution >= 4 is 16.7 Å². The van der Waals surface area contributed by atoms with E-state index in [-0.39, 0.29) is 0 Å². The molecule has 1 aromatic carbocycles. The van der Waals surface area contributed by atoms with Gasteiger partial charge >= 0.3 is 0 Å². The van der Waals surface area contributed by atoms with E-state index in [9.17, 15) is 0 Å². The van der Waals surface area contributed by atoms with Gasteiger partial charge in [0.25, 0.3) is 0 Å². The summed E-state index contributed by atoms with van der Waals surface area (Å²) < 4.78 is 5.17. The van der Waals surface area contributed by atoms with Gasteiger partial charge in [-0.05, 0) is 12.1 Å². The molecule has 0 unspecified atom stereocenters. The SMILES string of the molecule is CNc1cc(COC)nc(-c2cccc3cccnc23)n1. The van der Waals surface area contributed by atoms with Crippen LogP contribution in [0.15, 0.2) is 42.6 Å². The van der Waals surface area contributed by atoms with Crippen molar-refractivity contribution < 1.29 is 4.74 Å². The van der Waals surface area contributed by atoms with E-state index in [2.05, 4.69) is 20.3 Å². The predicted molar refractivity (Wildman–Crippen MR) is 83.0 cm³/mol. The Bertz CT molecular complexity index is 768. The number of pyridine rings is 1. The van der Waals surface area contributed by atoms with Crippen LogP contribution in [-0.4, -0.2) is 29.1 Å². The molecule has 3 aromatic rings. The lowest BCUT2D eigenvalue weighted by atomic mass is 10.1. The van der Waals surface area contributed by atoms with Crippen molar-refractivity contribution in [3.8, 4) is 11.4 Å². The molecule has 1 N–H and O–H groups in total. The molecule has 0 spiro atoms. The van der Waals surface area contributed by atoms with Gasteiger partial charge in [0.05, 0.1) is 17.8 Å². The Morgan fingerprint density at radius 3 is 2.81 bits per heavy atom. The first-order valence-corrected chi connectivity index (χ1v) is 6.70. The molecule has 2 aromatic heterocycles. The Labute approximate surface area is 123 Å². The third-order valence-corrected chi connectivity index (χ3v) is 3.20. The molecule has 0 radical (unpaired) electrons. The highest BCUT2D eigenvalue weighted by Crippen LogP contribution is 2.25. The average molecular weight is 280 g/mol. The van der Waals surface area contributed by atoms with Crippen molar-refractivity contribution in [3.05, 3.63) is 48.3 Å². The second-order valence-electron chi connectivity index (χ2n) is 4.63. The molecular formula is C16H16N4O. The Morgan fingerprint density at radius 1 is 1.14 bits per heavy atom. The maximum absolute atomic E-state index is 5.17. The van der Waals surface area contributed by atoms with Crippen LogP contribution >= 0.6 is 0 Å². The molecule has 0 saturated carbocycles. The molecule has 0 aliphatic rings. The molecule has 5 heteroatoms. The van der Waals surface area contributed by atoms with Crippen LogP contribution in [0.25, 0.3) is 22.3 Å². The van der Waals surface area contributed by atoms with Crippen molar-refractivity contribution in [1.29, 1.82) is 0 Å². The Hall–Kier alpha value is -2.53. The minimum Gasteiger partial charge on any atom is -0.378 e. The third kappa shape index (κ3) is 2.68. The molecule has 5 nitrogen and oxygen atoms in total. The number of fused-ring (bicyclic) bond motifs is 1. The molecule has 2 heterocycles. The summed E-state index contributed by atoms with van der Waals surface area (Å²) in [4.78, 5) is 13.6. The van der Waals surface area contributed by atoms with Crippen LogP contribution < -0.4 is 5.32 Å². The topological polar surface area (TPSA) is 59.9 Å². The number of para-hydroxylation sites is 1. The Morgan fingerprint density at radius 2 is 2.00 bits per heavy atom. The van der Waals surface area contributed by atoms with Gasteiger partial charge < -0.3 is 10.1 Å². The number of nitrogens with zero attached hydrogens (tertiary/aromatic N) is 3. The lowest BCUT2D eigenvalue weighted by molar-refractivity contribution is 0.181. The van der Waals surface area contributed by atoms with Gasteiger partial charge in [-0.1, -0.05) is 18.2 Å². The van der Waals surface area contributed by atoms with E-state index < -0.39 is 0 Å². The van der Waals surface area contributed by atoms with Gasteiger partial charge in [-0.2, -0.15) is 0 Å². The van der Waals surface area contributed by atoms with Crippen LogP contribution in [-0.2, 0) is 11.3 Å². The fraction of sp³-hybridized carbons (Fsp3) is 0.188. The summed E-state index contributed by atoms with van der Waals surface area (Å²) in [6.45, 7) is 0.447. The second kappa shape index (κ2) is 5.85. The minimum absolute atomic E-state index is 0.447. The monoisotopic (exact) mass is 280 g/mol. The molecular weight excluding hydrogens is 264 g/mol. The van der Waals surface area contributed by atoms with E-state index in [1.54, 1.807) is 13.3 Å². The van der Waals surface area contributed by atoms with Gasteiger partial charge in [-0.25, -0.2) is 9.97 Å². The molecule has 0 aliphatic heterocycles. The van der Waals surface area contributed by atoms with Gasteiger partial charge in [0.15, 0.2) is 5.82 Å². The number of methoxy groups -OCH3 is 1. The number of anilines is 1. The Kier molecular flexibility index (Phi) is 3.75. The van der Waals surface area contributed by atoms with Crippen LogP contribution in [0.1, 0.15) is 5.69 Å². The van der Waals surface area contributed by atoms with Crippen molar-refractivity contribution in [3.63, 3.8) is 0 Å². The number of rotatable bonds is 4. The van der Waals surface area contributed by atoms with Crippen LogP contribution in [0.4, 0.5) is 5.82 Å². The summed E-state index contributed by atoms with van der Waals surface area (Å²) >= 11 is 0. The zero-order chi connectivity index (χ0) is 14.7.